The van der Waals surface area contributed by atoms with Crippen molar-refractivity contribution >= 4 is 0 Å². The second-order valence-corrected chi connectivity index (χ2v) is 10.5. The van der Waals surface area contributed by atoms with Crippen LogP contribution in [0, 0.1) is 12.8 Å². The van der Waals surface area contributed by atoms with E-state index in [1.54, 1.807) is 6.92 Å². The first-order valence-electron chi connectivity index (χ1n) is 13.8. The van der Waals surface area contributed by atoms with Crippen molar-refractivity contribution in [3.63, 3.8) is 0 Å². The molecule has 1 aliphatic heterocycles. The standard InChI is InChI=1S/C31H47NO9/c1-9-19(4)28(41-31-27(37)26(36)25(35)23(16-33)40-31)20(5)15-18(3)12-10-11-17(2)13-14-22-21(6)24(34)29(38-7)30(32-22)39-8/h9-10,12-13,15,20,23,25-28,31,33,35-37H,11,14,16H2,1-8H3,(H,32,34)/b12-10+,17-13+,18-15+,19-9+/t20-,23-,25-,26+,27-,28+,31+/m1/s1. The van der Waals surface area contributed by atoms with Crippen LogP contribution < -0.4 is 14.9 Å². The van der Waals surface area contributed by atoms with Gasteiger partial charge in [0.25, 0.3) is 0 Å². The van der Waals surface area contributed by atoms with E-state index in [1.165, 1.54) is 14.2 Å². The lowest BCUT2D eigenvalue weighted by molar-refractivity contribution is -0.310. The van der Waals surface area contributed by atoms with E-state index in [1.807, 2.05) is 46.8 Å². The monoisotopic (exact) mass is 577 g/mol. The Hall–Kier alpha value is -2.73. The van der Waals surface area contributed by atoms with E-state index in [-0.39, 0.29) is 17.1 Å². The lowest BCUT2D eigenvalue weighted by Crippen LogP contribution is -2.60. The van der Waals surface area contributed by atoms with Gasteiger partial charge in [-0.2, -0.15) is 0 Å². The smallest absolute Gasteiger partial charge is 0.238 e. The second kappa shape index (κ2) is 16.1. The Morgan fingerprint density at radius 2 is 1.78 bits per heavy atom. The predicted octanol–water partition coefficient (Wildman–Crippen LogP) is 2.87. The molecule has 0 unspecified atom stereocenters. The highest BCUT2D eigenvalue weighted by atomic mass is 16.7. The summed E-state index contributed by atoms with van der Waals surface area (Å²) in [4.78, 5) is 15.7. The molecule has 0 aromatic carbocycles. The Kier molecular flexibility index (Phi) is 13.5. The lowest BCUT2D eigenvalue weighted by atomic mass is 9.94. The molecule has 2 rings (SSSR count). The minimum Gasteiger partial charge on any atom is -0.488 e. The van der Waals surface area contributed by atoms with Crippen LogP contribution >= 0.6 is 0 Å². The normalized spacial score (nSPS) is 25.9. The number of aliphatic hydroxyl groups excluding tert-OH is 4. The zero-order chi connectivity index (χ0) is 30.9. The van der Waals surface area contributed by atoms with Crippen LogP contribution in [-0.2, 0) is 15.9 Å². The highest BCUT2D eigenvalue weighted by Crippen LogP contribution is 2.28. The number of aliphatic hydroxyl groups is 4. The van der Waals surface area contributed by atoms with E-state index in [2.05, 4.69) is 23.2 Å². The Balaban J connectivity index is 2.08. The largest absolute Gasteiger partial charge is 0.488 e. The number of aromatic nitrogens is 1. The molecule has 0 amide bonds. The van der Waals surface area contributed by atoms with E-state index in [0.717, 1.165) is 28.8 Å². The van der Waals surface area contributed by atoms with Crippen molar-refractivity contribution in [2.24, 2.45) is 5.92 Å². The van der Waals surface area contributed by atoms with E-state index in [9.17, 15) is 25.2 Å². The van der Waals surface area contributed by atoms with Crippen LogP contribution in [0.1, 0.15) is 52.3 Å². The molecule has 1 aliphatic rings. The van der Waals surface area contributed by atoms with Gasteiger partial charge in [-0.05, 0) is 46.6 Å². The summed E-state index contributed by atoms with van der Waals surface area (Å²) in [6.07, 6.45) is 4.24. The van der Waals surface area contributed by atoms with Crippen molar-refractivity contribution in [2.75, 3.05) is 20.8 Å². The Morgan fingerprint density at radius 1 is 1.10 bits per heavy atom. The third kappa shape index (κ3) is 8.88. The van der Waals surface area contributed by atoms with Crippen LogP contribution in [0.4, 0.5) is 0 Å². The summed E-state index contributed by atoms with van der Waals surface area (Å²) in [5.41, 5.74) is 4.21. The van der Waals surface area contributed by atoms with E-state index in [0.29, 0.717) is 17.9 Å². The van der Waals surface area contributed by atoms with Crippen molar-refractivity contribution < 1.29 is 39.4 Å². The van der Waals surface area contributed by atoms with Gasteiger partial charge >= 0.3 is 0 Å². The average molecular weight is 578 g/mol. The van der Waals surface area contributed by atoms with E-state index < -0.39 is 43.4 Å². The maximum atomic E-state index is 12.5. The van der Waals surface area contributed by atoms with Gasteiger partial charge in [-0.25, -0.2) is 0 Å². The number of allylic oxidation sites excluding steroid dienone is 6. The summed E-state index contributed by atoms with van der Waals surface area (Å²) in [5, 5.41) is 40.1. The first-order chi connectivity index (χ1) is 19.4. The third-order valence-electron chi connectivity index (χ3n) is 7.39. The summed E-state index contributed by atoms with van der Waals surface area (Å²) in [6, 6.07) is 0. The molecule has 7 atom stereocenters. The molecule has 1 saturated heterocycles. The first-order valence-corrected chi connectivity index (χ1v) is 13.8. The molecule has 0 radical (unpaired) electrons. The molecule has 10 nitrogen and oxygen atoms in total. The number of rotatable bonds is 13. The SMILES string of the molecule is C/C=C(\C)[C@H](O[C@@H]1O[C@H](CO)[C@@H](O)[C@H](O)[C@H]1O)[C@H](C)/C=C(C)/C=C/C/C(C)=C/Cc1[nH]c(OC)c(OC)c(=O)c1C. The molecule has 1 aromatic rings. The molecule has 0 aliphatic carbocycles. The van der Waals surface area contributed by atoms with Crippen LogP contribution in [0.25, 0.3) is 0 Å². The van der Waals surface area contributed by atoms with Gasteiger partial charge in [0, 0.05) is 23.6 Å². The van der Waals surface area contributed by atoms with Crippen molar-refractivity contribution in [2.45, 2.75) is 91.2 Å². The number of hydrogen-bond acceptors (Lipinski definition) is 9. The summed E-state index contributed by atoms with van der Waals surface area (Å²) >= 11 is 0. The summed E-state index contributed by atoms with van der Waals surface area (Å²) in [7, 11) is 2.92. The number of aromatic amines is 1. The average Bonchev–Trinajstić information content (AvgIpc) is 2.95. The molecule has 0 saturated carbocycles. The fourth-order valence-electron chi connectivity index (χ4n) is 4.71. The highest BCUT2D eigenvalue weighted by Gasteiger charge is 2.45. The molecular weight excluding hydrogens is 530 g/mol. The molecule has 230 valence electrons. The van der Waals surface area contributed by atoms with Crippen LogP contribution in [-0.4, -0.2) is 83.0 Å². The fraction of sp³-hybridized carbons (Fsp3) is 0.581. The van der Waals surface area contributed by atoms with Gasteiger partial charge in [-0.15, -0.1) is 0 Å². The van der Waals surface area contributed by atoms with Crippen molar-refractivity contribution in [1.82, 2.24) is 4.98 Å². The quantitative estimate of drug-likeness (QED) is 0.176. The Bertz CT molecular complexity index is 1180. The van der Waals surface area contributed by atoms with Gasteiger partial charge in [0.1, 0.15) is 24.4 Å². The summed E-state index contributed by atoms with van der Waals surface area (Å²) in [6.45, 7) is 11.0. The lowest BCUT2D eigenvalue weighted by Gasteiger charge is -2.41. The molecule has 1 fully saturated rings. The number of ether oxygens (including phenoxy) is 4. The second-order valence-electron chi connectivity index (χ2n) is 10.5. The molecule has 1 aromatic heterocycles. The van der Waals surface area contributed by atoms with Crippen LogP contribution in [0.3, 0.4) is 0 Å². The fourth-order valence-corrected chi connectivity index (χ4v) is 4.71. The molecule has 41 heavy (non-hydrogen) atoms. The van der Waals surface area contributed by atoms with Gasteiger partial charge in [0.05, 0.1) is 26.9 Å². The number of nitrogens with one attached hydrogen (secondary N) is 1. The predicted molar refractivity (Wildman–Crippen MR) is 157 cm³/mol. The zero-order valence-corrected chi connectivity index (χ0v) is 25.4. The third-order valence-corrected chi connectivity index (χ3v) is 7.39. The maximum absolute atomic E-state index is 12.5. The molecule has 2 heterocycles. The number of methoxy groups -OCH3 is 2. The van der Waals surface area contributed by atoms with Gasteiger partial charge in [-0.3, -0.25) is 4.79 Å². The topological polar surface area (TPSA) is 151 Å². The number of pyridine rings is 1. The summed E-state index contributed by atoms with van der Waals surface area (Å²) < 4.78 is 22.1. The van der Waals surface area contributed by atoms with Crippen LogP contribution in [0.5, 0.6) is 11.6 Å². The van der Waals surface area contributed by atoms with Gasteiger partial charge < -0.3 is 44.4 Å². The van der Waals surface area contributed by atoms with Crippen molar-refractivity contribution in [1.29, 1.82) is 0 Å². The number of H-pyrrole nitrogens is 1. The van der Waals surface area contributed by atoms with Crippen molar-refractivity contribution in [3.05, 3.63) is 68.6 Å². The van der Waals surface area contributed by atoms with Crippen molar-refractivity contribution in [3.8, 4) is 11.6 Å². The van der Waals surface area contributed by atoms with Gasteiger partial charge in [0.15, 0.2) is 6.29 Å². The molecular formula is C31H47NO9. The highest BCUT2D eigenvalue weighted by molar-refractivity contribution is 5.40. The Labute approximate surface area is 242 Å². The van der Waals surface area contributed by atoms with Crippen LogP contribution in [0.2, 0.25) is 0 Å². The van der Waals surface area contributed by atoms with Crippen LogP contribution in [0.15, 0.2) is 51.9 Å². The Morgan fingerprint density at radius 3 is 2.37 bits per heavy atom. The van der Waals surface area contributed by atoms with Gasteiger partial charge in [0.2, 0.25) is 17.1 Å². The van der Waals surface area contributed by atoms with E-state index >= 15 is 0 Å². The van der Waals surface area contributed by atoms with E-state index in [4.69, 9.17) is 18.9 Å². The minimum atomic E-state index is -1.50. The molecule has 0 spiro atoms. The zero-order valence-electron chi connectivity index (χ0n) is 25.4. The maximum Gasteiger partial charge on any atom is 0.238 e. The molecule has 10 heteroatoms. The van der Waals surface area contributed by atoms with Gasteiger partial charge in [-0.1, -0.05) is 48.5 Å². The number of hydrogen-bond donors (Lipinski definition) is 5. The minimum absolute atomic E-state index is 0.121. The summed E-state index contributed by atoms with van der Waals surface area (Å²) in [5.74, 6) is 0.352. The molecule has 0 bridgehead atoms. The first kappa shape index (κ1) is 34.5. The molecule has 5 N–H and O–H groups in total.